The van der Waals surface area contributed by atoms with E-state index in [-0.39, 0.29) is 5.78 Å². The van der Waals surface area contributed by atoms with Crippen LogP contribution in [0.3, 0.4) is 0 Å². The summed E-state index contributed by atoms with van der Waals surface area (Å²) in [5, 5.41) is 0. The van der Waals surface area contributed by atoms with E-state index in [9.17, 15) is 4.79 Å². The summed E-state index contributed by atoms with van der Waals surface area (Å²) < 4.78 is 0. The summed E-state index contributed by atoms with van der Waals surface area (Å²) in [7, 11) is 0. The second-order valence-electron chi connectivity index (χ2n) is 4.47. The Morgan fingerprint density at radius 3 is 2.29 bits per heavy atom. The smallest absolute Gasteiger partial charge is 0.194 e. The van der Waals surface area contributed by atoms with Crippen molar-refractivity contribution >= 4 is 17.1 Å². The van der Waals surface area contributed by atoms with Crippen LogP contribution >= 0.6 is 11.3 Å². The normalized spacial score (nSPS) is 10.6. The molecule has 0 N–H and O–H groups in total. The number of rotatable bonds is 2. The Labute approximate surface area is 106 Å². The highest BCUT2D eigenvalue weighted by molar-refractivity contribution is 7.12. The van der Waals surface area contributed by atoms with Crippen molar-refractivity contribution in [1.29, 1.82) is 0 Å². The lowest BCUT2D eigenvalue weighted by molar-refractivity contribution is 0.103. The molecule has 2 aromatic rings. The number of carbonyl (C=O) groups excluding carboxylic acids is 1. The first-order chi connectivity index (χ1) is 7.99. The van der Waals surface area contributed by atoms with Gasteiger partial charge >= 0.3 is 0 Å². The van der Waals surface area contributed by atoms with Gasteiger partial charge in [0, 0.05) is 20.9 Å². The van der Waals surface area contributed by atoms with E-state index in [0.717, 1.165) is 27.1 Å². The second-order valence-corrected chi connectivity index (χ2v) is 5.93. The summed E-state index contributed by atoms with van der Waals surface area (Å²) in [5.74, 6) is 0.146. The van der Waals surface area contributed by atoms with E-state index in [2.05, 4.69) is 0 Å². The molecule has 0 fully saturated rings. The van der Waals surface area contributed by atoms with Gasteiger partial charge in [0.15, 0.2) is 5.78 Å². The maximum atomic E-state index is 12.5. The predicted molar refractivity (Wildman–Crippen MR) is 73.1 cm³/mol. The van der Waals surface area contributed by atoms with E-state index < -0.39 is 0 Å². The molecule has 0 bridgehead atoms. The molecule has 0 aliphatic heterocycles. The summed E-state index contributed by atoms with van der Waals surface area (Å²) in [4.78, 5) is 14.8. The van der Waals surface area contributed by atoms with Crippen molar-refractivity contribution in [3.05, 3.63) is 56.3 Å². The molecular weight excluding hydrogens is 228 g/mol. The van der Waals surface area contributed by atoms with Crippen LogP contribution in [-0.2, 0) is 0 Å². The number of benzene rings is 1. The molecule has 1 heterocycles. The molecule has 0 aliphatic carbocycles. The fourth-order valence-electron chi connectivity index (χ4n) is 1.98. The van der Waals surface area contributed by atoms with E-state index in [1.165, 1.54) is 4.88 Å². The Morgan fingerprint density at radius 1 is 1.00 bits per heavy atom. The van der Waals surface area contributed by atoms with Crippen LogP contribution in [0.4, 0.5) is 0 Å². The predicted octanol–water partition coefficient (Wildman–Crippen LogP) is 4.21. The molecule has 1 nitrogen and oxygen atoms in total. The Kier molecular flexibility index (Phi) is 3.16. The molecule has 88 valence electrons. The standard InChI is InChI=1S/C15H16OS/c1-9-5-6-10(2)13(7-9)15(16)14-8-11(3)17-12(14)4/h5-8H,1-4H3. The molecule has 0 spiro atoms. The van der Waals surface area contributed by atoms with Gasteiger partial charge in [0.05, 0.1) is 0 Å². The lowest BCUT2D eigenvalue weighted by Gasteiger charge is -2.05. The lowest BCUT2D eigenvalue weighted by Crippen LogP contribution is -2.04. The first kappa shape index (κ1) is 12.1. The summed E-state index contributed by atoms with van der Waals surface area (Å²) in [5.41, 5.74) is 3.85. The van der Waals surface area contributed by atoms with Gasteiger partial charge in [-0.05, 0) is 45.4 Å². The van der Waals surface area contributed by atoms with Crippen LogP contribution in [0.25, 0.3) is 0 Å². The van der Waals surface area contributed by atoms with Crippen molar-refractivity contribution in [2.45, 2.75) is 27.7 Å². The quantitative estimate of drug-likeness (QED) is 0.723. The Hall–Kier alpha value is -1.41. The van der Waals surface area contributed by atoms with Gasteiger partial charge in [-0.2, -0.15) is 0 Å². The van der Waals surface area contributed by atoms with Crippen molar-refractivity contribution in [3.8, 4) is 0 Å². The molecule has 2 heteroatoms. The molecule has 0 saturated heterocycles. The second kappa shape index (κ2) is 4.46. The number of thiophene rings is 1. The van der Waals surface area contributed by atoms with E-state index in [0.29, 0.717) is 0 Å². The molecule has 0 atom stereocenters. The topological polar surface area (TPSA) is 17.1 Å². The van der Waals surface area contributed by atoms with Gasteiger partial charge in [0.2, 0.25) is 0 Å². The number of hydrogen-bond acceptors (Lipinski definition) is 2. The van der Waals surface area contributed by atoms with Crippen molar-refractivity contribution in [2.24, 2.45) is 0 Å². The minimum absolute atomic E-state index is 0.146. The van der Waals surface area contributed by atoms with Crippen LogP contribution in [0.15, 0.2) is 24.3 Å². The molecule has 1 aromatic heterocycles. The molecular formula is C15H16OS. The van der Waals surface area contributed by atoms with Crippen molar-refractivity contribution in [3.63, 3.8) is 0 Å². The van der Waals surface area contributed by atoms with Gasteiger partial charge in [-0.25, -0.2) is 0 Å². The summed E-state index contributed by atoms with van der Waals surface area (Å²) in [6.45, 7) is 8.05. The van der Waals surface area contributed by atoms with Crippen LogP contribution in [0.2, 0.25) is 0 Å². The van der Waals surface area contributed by atoms with Crippen molar-refractivity contribution < 1.29 is 4.79 Å². The fourth-order valence-corrected chi connectivity index (χ4v) is 2.90. The van der Waals surface area contributed by atoms with Crippen molar-refractivity contribution in [1.82, 2.24) is 0 Å². The largest absolute Gasteiger partial charge is 0.289 e. The maximum absolute atomic E-state index is 12.5. The third-order valence-electron chi connectivity index (χ3n) is 2.92. The minimum atomic E-state index is 0.146. The van der Waals surface area contributed by atoms with Gasteiger partial charge in [-0.15, -0.1) is 11.3 Å². The first-order valence-electron chi connectivity index (χ1n) is 5.68. The third kappa shape index (κ3) is 2.32. The zero-order chi connectivity index (χ0) is 12.6. The molecule has 2 rings (SSSR count). The van der Waals surface area contributed by atoms with Gasteiger partial charge in [-0.3, -0.25) is 4.79 Å². The Balaban J connectivity index is 2.50. The highest BCUT2D eigenvalue weighted by Gasteiger charge is 2.15. The molecule has 0 amide bonds. The molecule has 0 saturated carbocycles. The van der Waals surface area contributed by atoms with E-state index in [1.54, 1.807) is 11.3 Å². The Morgan fingerprint density at radius 2 is 1.71 bits per heavy atom. The van der Waals surface area contributed by atoms with Crippen LogP contribution in [0.1, 0.15) is 36.8 Å². The zero-order valence-electron chi connectivity index (χ0n) is 10.6. The van der Waals surface area contributed by atoms with Crippen LogP contribution < -0.4 is 0 Å². The number of carbonyl (C=O) groups is 1. The van der Waals surface area contributed by atoms with E-state index in [1.807, 2.05) is 52.0 Å². The summed E-state index contributed by atoms with van der Waals surface area (Å²) >= 11 is 1.68. The van der Waals surface area contributed by atoms with Gasteiger partial charge < -0.3 is 0 Å². The maximum Gasteiger partial charge on any atom is 0.194 e. The van der Waals surface area contributed by atoms with Gasteiger partial charge in [-0.1, -0.05) is 17.7 Å². The van der Waals surface area contributed by atoms with Crippen LogP contribution in [-0.4, -0.2) is 5.78 Å². The van der Waals surface area contributed by atoms with E-state index in [4.69, 9.17) is 0 Å². The number of hydrogen-bond donors (Lipinski definition) is 0. The number of aryl methyl sites for hydroxylation is 4. The van der Waals surface area contributed by atoms with Gasteiger partial charge in [0.25, 0.3) is 0 Å². The van der Waals surface area contributed by atoms with Crippen molar-refractivity contribution in [2.75, 3.05) is 0 Å². The molecule has 17 heavy (non-hydrogen) atoms. The lowest BCUT2D eigenvalue weighted by atomic mass is 9.97. The highest BCUT2D eigenvalue weighted by Crippen LogP contribution is 2.24. The molecule has 0 aliphatic rings. The minimum Gasteiger partial charge on any atom is -0.289 e. The monoisotopic (exact) mass is 244 g/mol. The highest BCUT2D eigenvalue weighted by atomic mass is 32.1. The van der Waals surface area contributed by atoms with Gasteiger partial charge in [0.1, 0.15) is 0 Å². The average molecular weight is 244 g/mol. The SMILES string of the molecule is Cc1ccc(C)c(C(=O)c2cc(C)sc2C)c1. The Bertz CT molecular complexity index is 579. The molecule has 0 radical (unpaired) electrons. The summed E-state index contributed by atoms with van der Waals surface area (Å²) in [6.07, 6.45) is 0. The first-order valence-corrected chi connectivity index (χ1v) is 6.49. The summed E-state index contributed by atoms with van der Waals surface area (Å²) in [6, 6.07) is 8.02. The van der Waals surface area contributed by atoms with Crippen LogP contribution in [0.5, 0.6) is 0 Å². The molecule has 0 unspecified atom stereocenters. The average Bonchev–Trinajstić information content (AvgIpc) is 2.60. The fraction of sp³-hybridized carbons (Fsp3) is 0.267. The van der Waals surface area contributed by atoms with E-state index >= 15 is 0 Å². The zero-order valence-corrected chi connectivity index (χ0v) is 11.4. The molecule has 1 aromatic carbocycles. The van der Waals surface area contributed by atoms with Crippen LogP contribution in [0, 0.1) is 27.7 Å². The number of ketones is 1. The third-order valence-corrected chi connectivity index (χ3v) is 3.89.